The molecule has 1 aliphatic rings. The molecule has 0 bridgehead atoms. The maximum Gasteiger partial charge on any atom is 0.573 e. The zero-order chi connectivity index (χ0) is 17.5. The van der Waals surface area contributed by atoms with Crippen LogP contribution in [0.15, 0.2) is 49.0 Å². The molecule has 3 rings (SSSR count). The van der Waals surface area contributed by atoms with Gasteiger partial charge in [0.2, 0.25) is 5.88 Å². The van der Waals surface area contributed by atoms with Gasteiger partial charge in [-0.15, -0.1) is 13.2 Å². The number of anilines is 1. The van der Waals surface area contributed by atoms with Crippen molar-refractivity contribution in [3.05, 3.63) is 49.0 Å². The monoisotopic (exact) mass is 336 g/mol. The molecular weight excluding hydrogens is 321 g/mol. The Hall–Kier alpha value is -2.70. The summed E-state index contributed by atoms with van der Waals surface area (Å²) in [6.07, 6.45) is -3.10. The molecule has 1 aliphatic heterocycles. The van der Waals surface area contributed by atoms with Crippen LogP contribution in [-0.2, 0) is 0 Å². The summed E-state index contributed by atoms with van der Waals surface area (Å²) in [7, 11) is 0. The molecule has 126 valence electrons. The van der Waals surface area contributed by atoms with Gasteiger partial charge in [-0.2, -0.15) is 0 Å². The van der Waals surface area contributed by atoms with Gasteiger partial charge in [0.1, 0.15) is 11.4 Å². The minimum Gasteiger partial charge on any atom is -0.421 e. The van der Waals surface area contributed by atoms with Crippen LogP contribution in [0, 0.1) is 0 Å². The second-order valence-corrected chi connectivity index (χ2v) is 5.58. The highest BCUT2D eigenvalue weighted by atomic mass is 19.4. The molecule has 4 nitrogen and oxygen atoms in total. The highest BCUT2D eigenvalue weighted by Gasteiger charge is 2.31. The summed E-state index contributed by atoms with van der Waals surface area (Å²) >= 11 is 0. The van der Waals surface area contributed by atoms with Crippen LogP contribution < -0.4 is 14.4 Å². The van der Waals surface area contributed by atoms with Crippen LogP contribution in [0.5, 0.6) is 11.6 Å². The number of alkyl halides is 3. The van der Waals surface area contributed by atoms with Crippen molar-refractivity contribution in [1.29, 1.82) is 0 Å². The summed E-state index contributed by atoms with van der Waals surface area (Å²) in [5.74, 6) is 0.703. The molecule has 0 spiro atoms. The van der Waals surface area contributed by atoms with Crippen molar-refractivity contribution in [2.45, 2.75) is 26.3 Å². The summed E-state index contributed by atoms with van der Waals surface area (Å²) in [6.45, 7) is 7.86. The van der Waals surface area contributed by atoms with Gasteiger partial charge < -0.3 is 14.4 Å². The number of fused-ring (bicyclic) bond motifs is 1. The second-order valence-electron chi connectivity index (χ2n) is 5.58. The Labute approximate surface area is 137 Å². The zero-order valence-corrected chi connectivity index (χ0v) is 13.1. The first kappa shape index (κ1) is 16.2. The van der Waals surface area contributed by atoms with E-state index in [9.17, 15) is 13.2 Å². The third kappa shape index (κ3) is 3.15. The molecule has 0 saturated heterocycles. The fraction of sp³-hybridized carbons (Fsp3) is 0.235. The number of nitrogens with zero attached hydrogens (tertiary/aromatic N) is 2. The number of rotatable bonds is 3. The third-order valence-electron chi connectivity index (χ3n) is 3.51. The van der Waals surface area contributed by atoms with Crippen molar-refractivity contribution >= 4 is 5.69 Å². The second kappa shape index (κ2) is 5.74. The van der Waals surface area contributed by atoms with E-state index in [1.54, 1.807) is 18.3 Å². The van der Waals surface area contributed by atoms with Crippen LogP contribution in [0.2, 0.25) is 0 Å². The zero-order valence-electron chi connectivity index (χ0n) is 13.1. The molecule has 0 radical (unpaired) electrons. The van der Waals surface area contributed by atoms with E-state index in [1.165, 1.54) is 12.1 Å². The number of ether oxygens (including phenoxy) is 2. The van der Waals surface area contributed by atoms with Gasteiger partial charge in [-0.1, -0.05) is 12.1 Å². The molecule has 0 atom stereocenters. The quantitative estimate of drug-likeness (QED) is 0.812. The Kier molecular flexibility index (Phi) is 3.87. The smallest absolute Gasteiger partial charge is 0.421 e. The first-order chi connectivity index (χ1) is 11.2. The summed E-state index contributed by atoms with van der Waals surface area (Å²) in [5.41, 5.74) is 2.26. The molecule has 0 aliphatic carbocycles. The molecule has 24 heavy (non-hydrogen) atoms. The highest BCUT2D eigenvalue weighted by molar-refractivity contribution is 5.73. The van der Waals surface area contributed by atoms with Gasteiger partial charge in [0.15, 0.2) is 5.88 Å². The minimum absolute atomic E-state index is 0.137. The van der Waals surface area contributed by atoms with Crippen LogP contribution in [0.1, 0.15) is 13.8 Å². The summed E-state index contributed by atoms with van der Waals surface area (Å²) in [4.78, 5) is 6.17. The van der Waals surface area contributed by atoms with Crippen LogP contribution in [-0.4, -0.2) is 17.4 Å². The summed E-state index contributed by atoms with van der Waals surface area (Å²) in [5, 5.41) is 0. The Balaban J connectivity index is 1.90. The lowest BCUT2D eigenvalue weighted by atomic mass is 10.1. The normalized spacial score (nSPS) is 13.9. The van der Waals surface area contributed by atoms with Crippen molar-refractivity contribution in [3.63, 3.8) is 0 Å². The van der Waals surface area contributed by atoms with Gasteiger partial charge in [0, 0.05) is 17.8 Å². The van der Waals surface area contributed by atoms with E-state index < -0.39 is 6.36 Å². The van der Waals surface area contributed by atoms with Gasteiger partial charge in [-0.05, 0) is 44.2 Å². The number of halogens is 3. The molecule has 0 saturated carbocycles. The van der Waals surface area contributed by atoms with E-state index in [0.29, 0.717) is 11.8 Å². The minimum atomic E-state index is -4.70. The lowest BCUT2D eigenvalue weighted by Gasteiger charge is -2.21. The van der Waals surface area contributed by atoms with Gasteiger partial charge >= 0.3 is 6.36 Å². The standard InChI is InChI=1S/C17H15F3N2O2/c1-10(2)22-11(3)23-16-15(22)8-13(9-21-16)12-4-6-14(7-5-12)24-17(18,19)20/h4-10H,3H2,1-2H3. The predicted molar refractivity (Wildman–Crippen MR) is 83.7 cm³/mol. The third-order valence-corrected chi connectivity index (χ3v) is 3.51. The Morgan fingerprint density at radius 2 is 1.83 bits per heavy atom. The van der Waals surface area contributed by atoms with Crippen LogP contribution in [0.4, 0.5) is 18.9 Å². The maximum atomic E-state index is 12.2. The first-order valence-electron chi connectivity index (χ1n) is 7.27. The topological polar surface area (TPSA) is 34.6 Å². The maximum absolute atomic E-state index is 12.2. The van der Waals surface area contributed by atoms with Crippen LogP contribution in [0.25, 0.3) is 11.1 Å². The number of hydrogen-bond acceptors (Lipinski definition) is 4. The summed E-state index contributed by atoms with van der Waals surface area (Å²) < 4.78 is 46.0. The molecule has 1 aromatic carbocycles. The van der Waals surface area contributed by atoms with E-state index in [0.717, 1.165) is 16.8 Å². The molecule has 0 unspecified atom stereocenters. The molecule has 0 amide bonds. The molecule has 2 aromatic rings. The Morgan fingerprint density at radius 1 is 1.17 bits per heavy atom. The average Bonchev–Trinajstić information content (AvgIpc) is 2.81. The molecule has 0 N–H and O–H groups in total. The van der Waals surface area contributed by atoms with E-state index in [4.69, 9.17) is 4.74 Å². The van der Waals surface area contributed by atoms with Crippen LogP contribution in [0.3, 0.4) is 0 Å². The summed E-state index contributed by atoms with van der Waals surface area (Å²) in [6, 6.07) is 7.65. The van der Waals surface area contributed by atoms with Crippen molar-refractivity contribution in [2.24, 2.45) is 0 Å². The van der Waals surface area contributed by atoms with Gasteiger partial charge in [0.05, 0.1) is 0 Å². The predicted octanol–water partition coefficient (Wildman–Crippen LogP) is 4.73. The number of pyridine rings is 1. The van der Waals surface area contributed by atoms with E-state index in [1.807, 2.05) is 24.8 Å². The molecule has 7 heteroatoms. The molecule has 1 aromatic heterocycles. The fourth-order valence-electron chi connectivity index (χ4n) is 2.56. The fourth-order valence-corrected chi connectivity index (χ4v) is 2.56. The van der Waals surface area contributed by atoms with Crippen molar-refractivity contribution in [2.75, 3.05) is 4.90 Å². The van der Waals surface area contributed by atoms with E-state index in [2.05, 4.69) is 16.3 Å². The van der Waals surface area contributed by atoms with E-state index in [-0.39, 0.29) is 11.8 Å². The van der Waals surface area contributed by atoms with Crippen molar-refractivity contribution < 1.29 is 22.6 Å². The SMILES string of the molecule is C=C1Oc2ncc(-c3ccc(OC(F)(F)F)cc3)cc2N1C(C)C. The van der Waals surface area contributed by atoms with Gasteiger partial charge in [0.25, 0.3) is 0 Å². The van der Waals surface area contributed by atoms with Gasteiger partial charge in [-0.25, -0.2) is 4.98 Å². The number of aromatic nitrogens is 1. The molecular formula is C17H15F3N2O2. The van der Waals surface area contributed by atoms with Crippen molar-refractivity contribution in [1.82, 2.24) is 4.98 Å². The lowest BCUT2D eigenvalue weighted by molar-refractivity contribution is -0.274. The number of benzene rings is 1. The van der Waals surface area contributed by atoms with Crippen LogP contribution >= 0.6 is 0 Å². The van der Waals surface area contributed by atoms with Crippen molar-refractivity contribution in [3.8, 4) is 22.8 Å². The first-order valence-corrected chi connectivity index (χ1v) is 7.27. The lowest BCUT2D eigenvalue weighted by Crippen LogP contribution is -2.27. The largest absolute Gasteiger partial charge is 0.573 e. The Morgan fingerprint density at radius 3 is 2.42 bits per heavy atom. The van der Waals surface area contributed by atoms with E-state index >= 15 is 0 Å². The van der Waals surface area contributed by atoms with Gasteiger partial charge in [-0.3, -0.25) is 0 Å². The molecule has 2 heterocycles. The average molecular weight is 336 g/mol. The Bertz CT molecular complexity index is 770. The highest BCUT2D eigenvalue weighted by Crippen LogP contribution is 2.40. The number of hydrogen-bond donors (Lipinski definition) is 0. The molecule has 0 fully saturated rings.